The minimum atomic E-state index is -4.51. The van der Waals surface area contributed by atoms with E-state index in [4.69, 9.17) is 5.11 Å². The van der Waals surface area contributed by atoms with Crippen molar-refractivity contribution in [3.8, 4) is 6.07 Å². The molecule has 7 heteroatoms. The SMILES string of the molecule is N#CC1c2cc(C(F)(F)F)ccc2C(=O)N1CCCCCO. The van der Waals surface area contributed by atoms with Crippen LogP contribution in [0.4, 0.5) is 13.2 Å². The monoisotopic (exact) mass is 312 g/mol. The molecular weight excluding hydrogens is 297 g/mol. The van der Waals surface area contributed by atoms with Crippen LogP contribution in [0.2, 0.25) is 0 Å². The lowest BCUT2D eigenvalue weighted by Crippen LogP contribution is -2.28. The third-order valence-electron chi connectivity index (χ3n) is 3.66. The summed E-state index contributed by atoms with van der Waals surface area (Å²) < 4.78 is 38.3. The van der Waals surface area contributed by atoms with E-state index in [1.807, 2.05) is 6.07 Å². The van der Waals surface area contributed by atoms with Crippen molar-refractivity contribution in [1.82, 2.24) is 4.90 Å². The minimum absolute atomic E-state index is 0.0464. The maximum atomic E-state index is 12.8. The lowest BCUT2D eigenvalue weighted by molar-refractivity contribution is -0.137. The Hall–Kier alpha value is -2.07. The van der Waals surface area contributed by atoms with E-state index in [-0.39, 0.29) is 24.3 Å². The normalized spacial score (nSPS) is 17.5. The number of amides is 1. The zero-order chi connectivity index (χ0) is 16.3. The minimum Gasteiger partial charge on any atom is -0.396 e. The number of nitrogens with zero attached hydrogens (tertiary/aromatic N) is 2. The topological polar surface area (TPSA) is 64.3 Å². The van der Waals surface area contributed by atoms with Crippen molar-refractivity contribution in [1.29, 1.82) is 5.26 Å². The van der Waals surface area contributed by atoms with Crippen LogP contribution in [0.25, 0.3) is 0 Å². The number of unbranched alkanes of at least 4 members (excludes halogenated alkanes) is 2. The quantitative estimate of drug-likeness (QED) is 0.850. The second-order valence-electron chi connectivity index (χ2n) is 5.11. The molecule has 1 aromatic carbocycles. The van der Waals surface area contributed by atoms with Crippen LogP contribution in [-0.4, -0.2) is 29.1 Å². The standard InChI is InChI=1S/C15H15F3N2O2/c16-15(17,18)10-4-5-11-12(8-10)13(9-19)20(14(11)22)6-2-1-3-7-21/h4-5,8,13,21H,1-3,6-7H2. The zero-order valence-electron chi connectivity index (χ0n) is 11.7. The van der Waals surface area contributed by atoms with Crippen LogP contribution in [0.5, 0.6) is 0 Å². The second kappa shape index (κ2) is 6.36. The van der Waals surface area contributed by atoms with Gasteiger partial charge in [0.1, 0.15) is 6.04 Å². The van der Waals surface area contributed by atoms with Gasteiger partial charge in [0, 0.05) is 24.3 Å². The predicted octanol–water partition coefficient (Wildman–Crippen LogP) is 2.89. The van der Waals surface area contributed by atoms with E-state index < -0.39 is 23.7 Å². The lowest BCUT2D eigenvalue weighted by Gasteiger charge is -2.19. The first-order valence-electron chi connectivity index (χ1n) is 6.92. The van der Waals surface area contributed by atoms with E-state index in [1.54, 1.807) is 0 Å². The number of carbonyl (C=O) groups is 1. The number of hydrogen-bond acceptors (Lipinski definition) is 3. The molecule has 2 rings (SSSR count). The van der Waals surface area contributed by atoms with Gasteiger partial charge in [0.05, 0.1) is 11.6 Å². The summed E-state index contributed by atoms with van der Waals surface area (Å²) in [5, 5.41) is 17.9. The summed E-state index contributed by atoms with van der Waals surface area (Å²) in [6.07, 6.45) is -2.65. The predicted molar refractivity (Wildman–Crippen MR) is 71.8 cm³/mol. The van der Waals surface area contributed by atoms with E-state index in [1.165, 1.54) is 4.90 Å². The number of benzene rings is 1. The van der Waals surface area contributed by atoms with Crippen molar-refractivity contribution in [2.24, 2.45) is 0 Å². The largest absolute Gasteiger partial charge is 0.416 e. The van der Waals surface area contributed by atoms with Gasteiger partial charge in [-0.25, -0.2) is 0 Å². The first-order valence-corrected chi connectivity index (χ1v) is 6.92. The average molecular weight is 312 g/mol. The van der Waals surface area contributed by atoms with E-state index in [0.29, 0.717) is 19.3 Å². The molecule has 0 saturated carbocycles. The second-order valence-corrected chi connectivity index (χ2v) is 5.11. The number of nitriles is 1. The molecule has 1 unspecified atom stereocenters. The molecule has 1 atom stereocenters. The summed E-state index contributed by atoms with van der Waals surface area (Å²) in [5.74, 6) is -0.417. The number of carbonyl (C=O) groups excluding carboxylic acids is 1. The van der Waals surface area contributed by atoms with Crippen molar-refractivity contribution in [2.45, 2.75) is 31.5 Å². The maximum Gasteiger partial charge on any atom is 0.416 e. The van der Waals surface area contributed by atoms with Gasteiger partial charge in [-0.1, -0.05) is 0 Å². The lowest BCUT2D eigenvalue weighted by atomic mass is 10.0. The van der Waals surface area contributed by atoms with Gasteiger partial charge >= 0.3 is 6.18 Å². The zero-order valence-corrected chi connectivity index (χ0v) is 11.7. The molecule has 1 amide bonds. The van der Waals surface area contributed by atoms with E-state index >= 15 is 0 Å². The molecule has 22 heavy (non-hydrogen) atoms. The summed E-state index contributed by atoms with van der Waals surface area (Å²) in [5.41, 5.74) is -0.590. The Morgan fingerprint density at radius 1 is 1.27 bits per heavy atom. The van der Waals surface area contributed by atoms with Gasteiger partial charge in [0.25, 0.3) is 5.91 Å². The molecule has 0 aliphatic carbocycles. The van der Waals surface area contributed by atoms with Gasteiger partial charge in [-0.15, -0.1) is 0 Å². The molecule has 0 radical (unpaired) electrons. The molecule has 1 aliphatic heterocycles. The Kier molecular flexibility index (Phi) is 4.71. The molecule has 0 bridgehead atoms. The van der Waals surface area contributed by atoms with Crippen molar-refractivity contribution in [3.05, 3.63) is 34.9 Å². The number of halogens is 3. The molecule has 0 aromatic heterocycles. The summed E-state index contributed by atoms with van der Waals surface area (Å²) >= 11 is 0. The first kappa shape index (κ1) is 16.3. The van der Waals surface area contributed by atoms with E-state index in [2.05, 4.69) is 0 Å². The summed E-state index contributed by atoms with van der Waals surface area (Å²) in [7, 11) is 0. The molecule has 1 aromatic rings. The smallest absolute Gasteiger partial charge is 0.396 e. The highest BCUT2D eigenvalue weighted by atomic mass is 19.4. The molecule has 1 aliphatic rings. The number of aliphatic hydroxyl groups excluding tert-OH is 1. The Balaban J connectivity index is 2.24. The molecule has 0 fully saturated rings. The van der Waals surface area contributed by atoms with Crippen LogP contribution in [0, 0.1) is 11.3 Å². The number of aliphatic hydroxyl groups is 1. The molecule has 1 N–H and O–H groups in total. The van der Waals surface area contributed by atoms with E-state index in [9.17, 15) is 23.2 Å². The Morgan fingerprint density at radius 3 is 2.59 bits per heavy atom. The van der Waals surface area contributed by atoms with E-state index in [0.717, 1.165) is 18.2 Å². The highest BCUT2D eigenvalue weighted by Gasteiger charge is 2.39. The van der Waals surface area contributed by atoms with Gasteiger partial charge in [-0.2, -0.15) is 18.4 Å². The third-order valence-corrected chi connectivity index (χ3v) is 3.66. The van der Waals surface area contributed by atoms with Crippen molar-refractivity contribution < 1.29 is 23.1 Å². The van der Waals surface area contributed by atoms with Crippen molar-refractivity contribution in [3.63, 3.8) is 0 Å². The summed E-state index contributed by atoms with van der Waals surface area (Å²) in [4.78, 5) is 13.5. The first-order chi connectivity index (χ1) is 10.4. The van der Waals surface area contributed by atoms with Crippen LogP contribution in [0.3, 0.4) is 0 Å². The van der Waals surface area contributed by atoms with Crippen molar-refractivity contribution in [2.75, 3.05) is 13.2 Å². The Morgan fingerprint density at radius 2 is 2.00 bits per heavy atom. The van der Waals surface area contributed by atoms with Crippen LogP contribution >= 0.6 is 0 Å². The molecule has 118 valence electrons. The Labute approximate surface area is 125 Å². The Bertz CT molecular complexity index is 608. The third kappa shape index (κ3) is 3.07. The number of rotatable bonds is 5. The average Bonchev–Trinajstić information content (AvgIpc) is 2.74. The summed E-state index contributed by atoms with van der Waals surface area (Å²) in [6, 6.07) is 3.80. The highest BCUT2D eigenvalue weighted by Crippen LogP contribution is 2.38. The molecule has 0 saturated heterocycles. The van der Waals surface area contributed by atoms with Gasteiger partial charge in [0.15, 0.2) is 0 Å². The highest BCUT2D eigenvalue weighted by molar-refractivity contribution is 5.99. The van der Waals surface area contributed by atoms with Crippen LogP contribution in [0.1, 0.15) is 46.8 Å². The molecule has 0 spiro atoms. The molecule has 1 heterocycles. The number of hydrogen-bond donors (Lipinski definition) is 1. The fraction of sp³-hybridized carbons (Fsp3) is 0.467. The van der Waals surface area contributed by atoms with Gasteiger partial charge < -0.3 is 10.0 Å². The fourth-order valence-electron chi connectivity index (χ4n) is 2.54. The number of fused-ring (bicyclic) bond motifs is 1. The molecular formula is C15H15F3N2O2. The maximum absolute atomic E-state index is 12.8. The van der Waals surface area contributed by atoms with Crippen LogP contribution < -0.4 is 0 Å². The van der Waals surface area contributed by atoms with Crippen molar-refractivity contribution >= 4 is 5.91 Å². The van der Waals surface area contributed by atoms with Gasteiger partial charge in [-0.3, -0.25) is 4.79 Å². The summed E-state index contributed by atoms with van der Waals surface area (Å²) in [6.45, 7) is 0.331. The van der Waals surface area contributed by atoms with Crippen LogP contribution in [0.15, 0.2) is 18.2 Å². The fourth-order valence-corrected chi connectivity index (χ4v) is 2.54. The van der Waals surface area contributed by atoms with Gasteiger partial charge in [-0.05, 0) is 37.5 Å². The van der Waals surface area contributed by atoms with Crippen LogP contribution in [-0.2, 0) is 6.18 Å². The van der Waals surface area contributed by atoms with Gasteiger partial charge in [0.2, 0.25) is 0 Å². The number of alkyl halides is 3. The molecule has 4 nitrogen and oxygen atoms in total.